The SMILES string of the molecule is CS(=O)(=O)N1CCC2=NNC(c3ccc(C(F)(F)F)cc3)C2C1. The molecule has 0 amide bonds. The highest BCUT2D eigenvalue weighted by atomic mass is 32.2. The van der Waals surface area contributed by atoms with Crippen LogP contribution in [-0.4, -0.2) is 37.8 Å². The van der Waals surface area contributed by atoms with Crippen LogP contribution in [-0.2, 0) is 16.2 Å². The molecule has 2 unspecified atom stereocenters. The van der Waals surface area contributed by atoms with Crippen molar-refractivity contribution in [3.63, 3.8) is 0 Å². The maximum Gasteiger partial charge on any atom is 0.416 e. The first-order valence-corrected chi connectivity index (χ1v) is 8.95. The third kappa shape index (κ3) is 3.20. The first-order chi connectivity index (χ1) is 10.7. The number of hydrazone groups is 1. The molecular weight excluding hydrogens is 331 g/mol. The zero-order valence-corrected chi connectivity index (χ0v) is 13.2. The maximum absolute atomic E-state index is 12.6. The largest absolute Gasteiger partial charge is 0.416 e. The minimum atomic E-state index is -4.37. The Balaban J connectivity index is 1.82. The molecule has 23 heavy (non-hydrogen) atoms. The van der Waals surface area contributed by atoms with Gasteiger partial charge in [0.05, 0.1) is 17.9 Å². The molecule has 0 aromatic heterocycles. The highest BCUT2D eigenvalue weighted by molar-refractivity contribution is 7.88. The first kappa shape index (κ1) is 16.3. The number of hydrogen-bond donors (Lipinski definition) is 1. The zero-order chi connectivity index (χ0) is 16.8. The van der Waals surface area contributed by atoms with Crippen LogP contribution in [0, 0.1) is 5.92 Å². The Kier molecular flexibility index (Phi) is 3.88. The van der Waals surface area contributed by atoms with Crippen molar-refractivity contribution in [2.45, 2.75) is 18.6 Å². The molecule has 0 spiro atoms. The first-order valence-electron chi connectivity index (χ1n) is 7.10. The molecule has 1 fully saturated rings. The van der Waals surface area contributed by atoms with Gasteiger partial charge in [0.15, 0.2) is 0 Å². The van der Waals surface area contributed by atoms with Gasteiger partial charge >= 0.3 is 6.18 Å². The molecule has 0 bridgehead atoms. The molecule has 126 valence electrons. The Morgan fingerprint density at radius 2 is 1.91 bits per heavy atom. The van der Waals surface area contributed by atoms with Gasteiger partial charge in [-0.05, 0) is 17.7 Å². The molecule has 2 atom stereocenters. The van der Waals surface area contributed by atoms with Crippen molar-refractivity contribution in [2.75, 3.05) is 19.3 Å². The van der Waals surface area contributed by atoms with E-state index in [4.69, 9.17) is 0 Å². The minimum absolute atomic E-state index is 0.157. The van der Waals surface area contributed by atoms with Gasteiger partial charge in [0, 0.05) is 31.1 Å². The summed E-state index contributed by atoms with van der Waals surface area (Å²) >= 11 is 0. The highest BCUT2D eigenvalue weighted by Crippen LogP contribution is 2.35. The Bertz CT molecular complexity index is 729. The Labute approximate surface area is 132 Å². The zero-order valence-electron chi connectivity index (χ0n) is 12.3. The molecule has 1 aromatic carbocycles. The van der Waals surface area contributed by atoms with Crippen LogP contribution in [0.25, 0.3) is 0 Å². The van der Waals surface area contributed by atoms with Crippen molar-refractivity contribution in [3.8, 4) is 0 Å². The van der Waals surface area contributed by atoms with Gasteiger partial charge in [0.25, 0.3) is 0 Å². The lowest BCUT2D eigenvalue weighted by atomic mass is 9.87. The van der Waals surface area contributed by atoms with Crippen LogP contribution in [0.3, 0.4) is 0 Å². The van der Waals surface area contributed by atoms with E-state index in [9.17, 15) is 21.6 Å². The summed E-state index contributed by atoms with van der Waals surface area (Å²) in [6, 6.07) is 4.59. The number of sulfonamides is 1. The Morgan fingerprint density at radius 1 is 1.26 bits per heavy atom. The molecule has 9 heteroatoms. The summed E-state index contributed by atoms with van der Waals surface area (Å²) in [5.74, 6) is -0.157. The number of benzene rings is 1. The van der Waals surface area contributed by atoms with Crippen molar-refractivity contribution < 1.29 is 21.6 Å². The summed E-state index contributed by atoms with van der Waals surface area (Å²) in [7, 11) is -3.29. The van der Waals surface area contributed by atoms with Crippen LogP contribution in [0.4, 0.5) is 13.2 Å². The smallest absolute Gasteiger partial charge is 0.302 e. The summed E-state index contributed by atoms with van der Waals surface area (Å²) < 4.78 is 62.7. The minimum Gasteiger partial charge on any atom is -0.302 e. The molecule has 1 saturated heterocycles. The van der Waals surface area contributed by atoms with Crippen molar-refractivity contribution >= 4 is 15.7 Å². The predicted molar refractivity (Wildman–Crippen MR) is 79.3 cm³/mol. The van der Waals surface area contributed by atoms with Crippen LogP contribution in [0.2, 0.25) is 0 Å². The van der Waals surface area contributed by atoms with E-state index < -0.39 is 21.8 Å². The Hall–Kier alpha value is -1.61. The van der Waals surface area contributed by atoms with E-state index in [2.05, 4.69) is 10.5 Å². The lowest BCUT2D eigenvalue weighted by molar-refractivity contribution is -0.137. The normalized spacial score (nSPS) is 25.7. The molecule has 0 radical (unpaired) electrons. The number of rotatable bonds is 2. The Morgan fingerprint density at radius 3 is 2.48 bits per heavy atom. The van der Waals surface area contributed by atoms with Crippen molar-refractivity contribution in [1.29, 1.82) is 0 Å². The maximum atomic E-state index is 12.6. The lowest BCUT2D eigenvalue weighted by Crippen LogP contribution is -2.44. The second-order valence-electron chi connectivity index (χ2n) is 5.81. The van der Waals surface area contributed by atoms with Crippen molar-refractivity contribution in [1.82, 2.24) is 9.73 Å². The van der Waals surface area contributed by atoms with E-state index in [-0.39, 0.29) is 18.5 Å². The fourth-order valence-electron chi connectivity index (χ4n) is 3.01. The fourth-order valence-corrected chi connectivity index (χ4v) is 3.86. The number of fused-ring (bicyclic) bond motifs is 1. The second kappa shape index (κ2) is 5.48. The van der Waals surface area contributed by atoms with Gasteiger partial charge in [-0.25, -0.2) is 12.7 Å². The van der Waals surface area contributed by atoms with Crippen LogP contribution in [0.5, 0.6) is 0 Å². The van der Waals surface area contributed by atoms with Crippen LogP contribution in [0.15, 0.2) is 29.4 Å². The predicted octanol–water partition coefficient (Wildman–Crippen LogP) is 1.99. The van der Waals surface area contributed by atoms with Crippen LogP contribution >= 0.6 is 0 Å². The van der Waals surface area contributed by atoms with E-state index in [1.165, 1.54) is 16.4 Å². The summed E-state index contributed by atoms with van der Waals surface area (Å²) in [5.41, 5.74) is 3.76. The standard InChI is InChI=1S/C14H16F3N3O2S/c1-23(21,22)20-7-6-12-11(8-20)13(19-18-12)9-2-4-10(5-3-9)14(15,16)17/h2-5,11,13,19H,6-8H2,1H3. The highest BCUT2D eigenvalue weighted by Gasteiger charge is 2.39. The molecule has 2 aliphatic rings. The quantitative estimate of drug-likeness (QED) is 0.890. The fraction of sp³-hybridized carbons (Fsp3) is 0.500. The average Bonchev–Trinajstić information content (AvgIpc) is 2.88. The van der Waals surface area contributed by atoms with Crippen LogP contribution < -0.4 is 5.43 Å². The number of alkyl halides is 3. The summed E-state index contributed by atoms with van der Waals surface area (Å²) in [5, 5.41) is 4.23. The van der Waals surface area contributed by atoms with Crippen LogP contribution in [0.1, 0.15) is 23.6 Å². The van der Waals surface area contributed by atoms with Gasteiger partial charge in [-0.2, -0.15) is 18.3 Å². The van der Waals surface area contributed by atoms with Gasteiger partial charge in [-0.1, -0.05) is 12.1 Å². The molecule has 0 aliphatic carbocycles. The lowest BCUT2D eigenvalue weighted by Gasteiger charge is -2.32. The molecule has 0 saturated carbocycles. The third-order valence-electron chi connectivity index (χ3n) is 4.26. The van der Waals surface area contributed by atoms with E-state index in [1.54, 1.807) is 0 Å². The molecule has 5 nitrogen and oxygen atoms in total. The van der Waals surface area contributed by atoms with Gasteiger partial charge in [0.1, 0.15) is 0 Å². The molecular formula is C14H16F3N3O2S. The monoisotopic (exact) mass is 347 g/mol. The summed E-state index contributed by atoms with van der Waals surface area (Å²) in [4.78, 5) is 0. The summed E-state index contributed by atoms with van der Waals surface area (Å²) in [6.07, 6.45) is -2.69. The number of halogens is 3. The molecule has 1 aromatic rings. The number of nitrogens with one attached hydrogen (secondary N) is 1. The van der Waals surface area contributed by atoms with Gasteiger partial charge in [-0.15, -0.1) is 0 Å². The molecule has 2 heterocycles. The summed E-state index contributed by atoms with van der Waals surface area (Å²) in [6.45, 7) is 0.673. The molecule has 2 aliphatic heterocycles. The van der Waals surface area contributed by atoms with E-state index in [0.29, 0.717) is 18.5 Å². The van der Waals surface area contributed by atoms with Gasteiger partial charge in [-0.3, -0.25) is 0 Å². The number of nitrogens with zero attached hydrogens (tertiary/aromatic N) is 2. The third-order valence-corrected chi connectivity index (χ3v) is 5.53. The van der Waals surface area contributed by atoms with Gasteiger partial charge < -0.3 is 5.43 Å². The van der Waals surface area contributed by atoms with E-state index >= 15 is 0 Å². The molecule has 3 rings (SSSR count). The molecule has 1 N–H and O–H groups in total. The average molecular weight is 347 g/mol. The number of piperidine rings is 1. The van der Waals surface area contributed by atoms with Crippen molar-refractivity contribution in [2.24, 2.45) is 11.0 Å². The van der Waals surface area contributed by atoms with Crippen molar-refractivity contribution in [3.05, 3.63) is 35.4 Å². The topological polar surface area (TPSA) is 61.8 Å². The second-order valence-corrected chi connectivity index (χ2v) is 7.79. The van der Waals surface area contributed by atoms with E-state index in [1.807, 2.05) is 0 Å². The number of hydrogen-bond acceptors (Lipinski definition) is 4. The van der Waals surface area contributed by atoms with E-state index in [0.717, 1.165) is 24.1 Å². The van der Waals surface area contributed by atoms with Gasteiger partial charge in [0.2, 0.25) is 10.0 Å².